The van der Waals surface area contributed by atoms with Gasteiger partial charge in [-0.2, -0.15) is 0 Å². The molecule has 1 spiro atoms. The first-order valence-electron chi connectivity index (χ1n) is 7.16. The van der Waals surface area contributed by atoms with Crippen LogP contribution in [0.15, 0.2) is 0 Å². The lowest BCUT2D eigenvalue weighted by Crippen LogP contribution is -2.57. The highest BCUT2D eigenvalue weighted by Gasteiger charge is 2.47. The van der Waals surface area contributed by atoms with E-state index in [0.29, 0.717) is 11.5 Å². The Morgan fingerprint density at radius 3 is 2.59 bits per heavy atom. The summed E-state index contributed by atoms with van der Waals surface area (Å²) < 4.78 is 5.09. The molecule has 2 N–H and O–H groups in total. The summed E-state index contributed by atoms with van der Waals surface area (Å²) in [5, 5.41) is 13.1. The van der Waals surface area contributed by atoms with E-state index >= 15 is 0 Å². The molecule has 0 heterocycles. The molecule has 2 unspecified atom stereocenters. The molecule has 3 heteroatoms. The number of methoxy groups -OCH3 is 1. The van der Waals surface area contributed by atoms with Crippen molar-refractivity contribution in [3.05, 3.63) is 0 Å². The van der Waals surface area contributed by atoms with Crippen molar-refractivity contribution in [3.63, 3.8) is 0 Å². The lowest BCUT2D eigenvalue weighted by molar-refractivity contribution is 0.00868. The van der Waals surface area contributed by atoms with Crippen LogP contribution in [-0.2, 0) is 4.74 Å². The number of ether oxygens (including phenoxy) is 1. The Hall–Kier alpha value is -0.120. The summed E-state index contributed by atoms with van der Waals surface area (Å²) in [6.07, 6.45) is 10.6. The van der Waals surface area contributed by atoms with Crippen LogP contribution in [-0.4, -0.2) is 37.5 Å². The molecule has 2 aliphatic carbocycles. The summed E-state index contributed by atoms with van der Waals surface area (Å²) >= 11 is 0. The highest BCUT2D eigenvalue weighted by atomic mass is 16.5. The van der Waals surface area contributed by atoms with Gasteiger partial charge in [0.05, 0.1) is 6.61 Å². The normalized spacial score (nSPS) is 28.9. The lowest BCUT2D eigenvalue weighted by Gasteiger charge is -2.53. The second-order valence-corrected chi connectivity index (χ2v) is 5.84. The minimum atomic E-state index is 0.221. The second-order valence-electron chi connectivity index (χ2n) is 5.84. The van der Waals surface area contributed by atoms with E-state index < -0.39 is 0 Å². The van der Waals surface area contributed by atoms with Crippen molar-refractivity contribution in [2.45, 2.75) is 63.5 Å². The third-order valence-electron chi connectivity index (χ3n) is 4.85. The molecular weight excluding hydrogens is 214 g/mol. The molecule has 0 aromatic carbocycles. The molecule has 0 aliphatic heterocycles. The Morgan fingerprint density at radius 2 is 2.06 bits per heavy atom. The van der Waals surface area contributed by atoms with Gasteiger partial charge in [-0.1, -0.05) is 19.3 Å². The van der Waals surface area contributed by atoms with Gasteiger partial charge in [-0.05, 0) is 37.5 Å². The van der Waals surface area contributed by atoms with Crippen LogP contribution >= 0.6 is 0 Å². The van der Waals surface area contributed by atoms with Gasteiger partial charge in [-0.3, -0.25) is 0 Å². The van der Waals surface area contributed by atoms with Gasteiger partial charge in [0.15, 0.2) is 0 Å². The second kappa shape index (κ2) is 6.17. The van der Waals surface area contributed by atoms with Gasteiger partial charge in [0, 0.05) is 25.8 Å². The maximum absolute atomic E-state index is 9.39. The zero-order chi connectivity index (χ0) is 12.1. The third-order valence-corrected chi connectivity index (χ3v) is 4.85. The fourth-order valence-electron chi connectivity index (χ4n) is 3.58. The Bertz CT molecular complexity index is 226. The zero-order valence-electron chi connectivity index (χ0n) is 11.1. The molecule has 2 saturated carbocycles. The lowest BCUT2D eigenvalue weighted by atomic mass is 9.57. The molecule has 3 nitrogen and oxygen atoms in total. The number of nitrogens with one attached hydrogen (secondary N) is 1. The van der Waals surface area contributed by atoms with Crippen LogP contribution < -0.4 is 5.32 Å². The molecular formula is C14H27NO2. The van der Waals surface area contributed by atoms with E-state index in [1.54, 1.807) is 7.11 Å². The van der Waals surface area contributed by atoms with Crippen molar-refractivity contribution in [2.75, 3.05) is 20.3 Å². The standard InChI is InChI=1S/C14H27NO2/c1-17-10-6-12(11-16)15-13-5-9-14(13)7-3-2-4-8-14/h12-13,15-16H,2-11H2,1H3. The molecule has 0 bridgehead atoms. The van der Waals surface area contributed by atoms with Gasteiger partial charge in [-0.25, -0.2) is 0 Å². The predicted octanol–water partition coefficient (Wildman–Crippen LogP) is 2.09. The smallest absolute Gasteiger partial charge is 0.0585 e. The molecule has 0 radical (unpaired) electrons. The molecule has 2 fully saturated rings. The van der Waals surface area contributed by atoms with Crippen LogP contribution in [0.3, 0.4) is 0 Å². The molecule has 2 atom stereocenters. The molecule has 0 aromatic rings. The Morgan fingerprint density at radius 1 is 1.29 bits per heavy atom. The fourth-order valence-corrected chi connectivity index (χ4v) is 3.58. The van der Waals surface area contributed by atoms with Gasteiger partial charge in [0.2, 0.25) is 0 Å². The third kappa shape index (κ3) is 3.01. The Balaban J connectivity index is 1.81. The Labute approximate surface area is 105 Å². The van der Waals surface area contributed by atoms with Gasteiger partial charge >= 0.3 is 0 Å². The van der Waals surface area contributed by atoms with Gasteiger partial charge in [0.1, 0.15) is 0 Å². The fraction of sp³-hybridized carbons (Fsp3) is 1.00. The topological polar surface area (TPSA) is 41.5 Å². The molecule has 2 rings (SSSR count). The van der Waals surface area contributed by atoms with Crippen LogP contribution in [0.5, 0.6) is 0 Å². The SMILES string of the molecule is COCCC(CO)NC1CCC12CCCCC2. The van der Waals surface area contributed by atoms with Crippen molar-refractivity contribution in [1.82, 2.24) is 5.32 Å². The van der Waals surface area contributed by atoms with E-state index in [1.807, 2.05) is 0 Å². The molecule has 2 aliphatic rings. The zero-order valence-corrected chi connectivity index (χ0v) is 11.1. The van der Waals surface area contributed by atoms with E-state index in [-0.39, 0.29) is 12.6 Å². The molecule has 17 heavy (non-hydrogen) atoms. The Kier molecular flexibility index (Phi) is 4.83. The van der Waals surface area contributed by atoms with Crippen LogP contribution in [0, 0.1) is 5.41 Å². The van der Waals surface area contributed by atoms with Gasteiger partial charge in [0.25, 0.3) is 0 Å². The predicted molar refractivity (Wildman–Crippen MR) is 69.0 cm³/mol. The monoisotopic (exact) mass is 241 g/mol. The number of hydrogen-bond donors (Lipinski definition) is 2. The van der Waals surface area contributed by atoms with Crippen molar-refractivity contribution in [2.24, 2.45) is 5.41 Å². The highest BCUT2D eigenvalue weighted by molar-refractivity contribution is 5.02. The number of rotatable bonds is 6. The molecule has 0 saturated heterocycles. The minimum Gasteiger partial charge on any atom is -0.395 e. The average Bonchev–Trinajstić information content (AvgIpc) is 2.39. The maximum atomic E-state index is 9.39. The van der Waals surface area contributed by atoms with Crippen LogP contribution in [0.2, 0.25) is 0 Å². The van der Waals surface area contributed by atoms with Crippen molar-refractivity contribution in [3.8, 4) is 0 Å². The summed E-state index contributed by atoms with van der Waals surface area (Å²) in [5.74, 6) is 0. The molecule has 0 aromatic heterocycles. The maximum Gasteiger partial charge on any atom is 0.0585 e. The first-order chi connectivity index (χ1) is 8.30. The van der Waals surface area contributed by atoms with E-state index in [4.69, 9.17) is 4.74 Å². The van der Waals surface area contributed by atoms with Crippen molar-refractivity contribution < 1.29 is 9.84 Å². The van der Waals surface area contributed by atoms with Crippen LogP contribution in [0.1, 0.15) is 51.4 Å². The first kappa shape index (κ1) is 13.3. The van der Waals surface area contributed by atoms with Gasteiger partial charge in [-0.15, -0.1) is 0 Å². The van der Waals surface area contributed by atoms with Crippen molar-refractivity contribution in [1.29, 1.82) is 0 Å². The number of aliphatic hydroxyl groups excluding tert-OH is 1. The van der Waals surface area contributed by atoms with Crippen molar-refractivity contribution >= 4 is 0 Å². The summed E-state index contributed by atoms with van der Waals surface area (Å²) in [6.45, 7) is 0.966. The molecule has 0 amide bonds. The highest BCUT2D eigenvalue weighted by Crippen LogP contribution is 2.51. The summed E-state index contributed by atoms with van der Waals surface area (Å²) in [5.41, 5.74) is 0.582. The van der Waals surface area contributed by atoms with Gasteiger partial charge < -0.3 is 15.2 Å². The summed E-state index contributed by atoms with van der Waals surface area (Å²) in [6, 6.07) is 0.871. The minimum absolute atomic E-state index is 0.221. The summed E-state index contributed by atoms with van der Waals surface area (Å²) in [4.78, 5) is 0. The number of hydrogen-bond acceptors (Lipinski definition) is 3. The number of aliphatic hydroxyl groups is 1. The largest absolute Gasteiger partial charge is 0.395 e. The van der Waals surface area contributed by atoms with E-state index in [1.165, 1.54) is 44.9 Å². The molecule has 100 valence electrons. The quantitative estimate of drug-likeness (QED) is 0.748. The summed E-state index contributed by atoms with van der Waals surface area (Å²) in [7, 11) is 1.72. The van der Waals surface area contributed by atoms with Crippen LogP contribution in [0.25, 0.3) is 0 Å². The van der Waals surface area contributed by atoms with Crippen LogP contribution in [0.4, 0.5) is 0 Å². The first-order valence-corrected chi connectivity index (χ1v) is 7.16. The van der Waals surface area contributed by atoms with E-state index in [0.717, 1.165) is 13.0 Å². The average molecular weight is 241 g/mol. The van der Waals surface area contributed by atoms with E-state index in [2.05, 4.69) is 5.32 Å². The van der Waals surface area contributed by atoms with E-state index in [9.17, 15) is 5.11 Å².